The van der Waals surface area contributed by atoms with Crippen molar-refractivity contribution in [2.75, 3.05) is 6.79 Å². The van der Waals surface area contributed by atoms with Gasteiger partial charge < -0.3 is 14.8 Å². The molecule has 2 aliphatic rings. The quantitative estimate of drug-likeness (QED) is 0.857. The highest BCUT2D eigenvalue weighted by molar-refractivity contribution is 6.00. The molecule has 2 heterocycles. The fourth-order valence-corrected chi connectivity index (χ4v) is 3.49. The van der Waals surface area contributed by atoms with Gasteiger partial charge in [-0.1, -0.05) is 30.3 Å². The summed E-state index contributed by atoms with van der Waals surface area (Å²) in [5.74, 6) is 1.53. The van der Waals surface area contributed by atoms with Gasteiger partial charge in [0.05, 0.1) is 6.04 Å². The molecule has 1 N–H and O–H groups in total. The Morgan fingerprint density at radius 2 is 1.88 bits per heavy atom. The molecule has 24 heavy (non-hydrogen) atoms. The van der Waals surface area contributed by atoms with Gasteiger partial charge >= 0.3 is 0 Å². The van der Waals surface area contributed by atoms with Gasteiger partial charge in [0, 0.05) is 11.6 Å². The third kappa shape index (κ3) is 3.15. The average Bonchev–Trinajstić information content (AvgIpc) is 3.29. The second-order valence-electron chi connectivity index (χ2n) is 6.45. The van der Waals surface area contributed by atoms with E-state index in [4.69, 9.17) is 9.47 Å². The van der Waals surface area contributed by atoms with Gasteiger partial charge in [-0.25, -0.2) is 0 Å². The van der Waals surface area contributed by atoms with E-state index in [1.54, 1.807) is 6.07 Å². The molecule has 4 rings (SSSR count). The average molecular weight is 323 g/mol. The van der Waals surface area contributed by atoms with Gasteiger partial charge in [0.2, 0.25) is 6.79 Å². The molecule has 0 unspecified atom stereocenters. The van der Waals surface area contributed by atoms with Crippen LogP contribution >= 0.6 is 0 Å². The summed E-state index contributed by atoms with van der Waals surface area (Å²) in [7, 11) is 0. The maximum absolute atomic E-state index is 12.7. The van der Waals surface area contributed by atoms with Gasteiger partial charge in [0.15, 0.2) is 17.3 Å². The zero-order chi connectivity index (χ0) is 16.4. The Morgan fingerprint density at radius 1 is 1.04 bits per heavy atom. The Morgan fingerprint density at radius 3 is 2.75 bits per heavy atom. The summed E-state index contributed by atoms with van der Waals surface area (Å²) in [6.07, 6.45) is 4.05. The van der Waals surface area contributed by atoms with Gasteiger partial charge in [0.1, 0.15) is 0 Å². The van der Waals surface area contributed by atoms with Crippen LogP contribution in [0, 0.1) is 0 Å². The molecule has 0 spiro atoms. The number of nitrogens with one attached hydrogen (secondary N) is 1. The van der Waals surface area contributed by atoms with E-state index in [9.17, 15) is 4.79 Å². The van der Waals surface area contributed by atoms with E-state index in [1.807, 2.05) is 18.2 Å². The lowest BCUT2D eigenvalue weighted by atomic mass is 10.0. The summed E-state index contributed by atoms with van der Waals surface area (Å²) in [5, 5.41) is 3.51. The number of carbonyl (C=O) groups is 1. The van der Waals surface area contributed by atoms with E-state index < -0.39 is 0 Å². The summed E-state index contributed by atoms with van der Waals surface area (Å²) in [5.41, 5.74) is 2.05. The molecular weight excluding hydrogens is 302 g/mol. The van der Waals surface area contributed by atoms with Crippen LogP contribution < -0.4 is 14.8 Å². The number of carbonyl (C=O) groups excluding carboxylic acids is 1. The van der Waals surface area contributed by atoms with Crippen LogP contribution in [0.3, 0.4) is 0 Å². The van der Waals surface area contributed by atoms with Crippen LogP contribution in [0.1, 0.15) is 35.2 Å². The van der Waals surface area contributed by atoms with Crippen LogP contribution in [0.5, 0.6) is 11.5 Å². The summed E-state index contributed by atoms with van der Waals surface area (Å²) in [6.45, 7) is 0.232. The fraction of sp³-hybridized carbons (Fsp3) is 0.350. The molecule has 0 aliphatic carbocycles. The second kappa shape index (κ2) is 6.65. The Labute approximate surface area is 141 Å². The summed E-state index contributed by atoms with van der Waals surface area (Å²) in [6, 6.07) is 16.3. The van der Waals surface area contributed by atoms with Crippen LogP contribution in [0.15, 0.2) is 48.5 Å². The summed E-state index contributed by atoms with van der Waals surface area (Å²) >= 11 is 0. The number of hydrogen-bond acceptors (Lipinski definition) is 4. The van der Waals surface area contributed by atoms with Crippen molar-refractivity contribution in [1.29, 1.82) is 0 Å². The van der Waals surface area contributed by atoms with Crippen molar-refractivity contribution in [2.45, 2.75) is 37.8 Å². The molecule has 2 aromatic rings. The monoisotopic (exact) mass is 323 g/mol. The molecule has 124 valence electrons. The minimum atomic E-state index is -0.0915. The first-order valence-electron chi connectivity index (χ1n) is 8.53. The first kappa shape index (κ1) is 15.2. The Hall–Kier alpha value is -2.33. The molecule has 2 atom stereocenters. The van der Waals surface area contributed by atoms with Gasteiger partial charge in [-0.3, -0.25) is 4.79 Å². The standard InChI is InChI=1S/C20H21NO3/c22-20(15-7-11-18-19(12-15)24-13-23-18)17-10-9-16(21-17)8-6-14-4-2-1-3-5-14/h1-5,7,11-12,16-17,21H,6,8-10,13H2/t16-,17+/m0/s1. The van der Waals surface area contributed by atoms with E-state index >= 15 is 0 Å². The van der Waals surface area contributed by atoms with Gasteiger partial charge in [-0.05, 0) is 49.4 Å². The van der Waals surface area contributed by atoms with Crippen LogP contribution in [0.25, 0.3) is 0 Å². The van der Waals surface area contributed by atoms with Crippen LogP contribution in [-0.4, -0.2) is 24.7 Å². The van der Waals surface area contributed by atoms with Crippen molar-refractivity contribution >= 4 is 5.78 Å². The van der Waals surface area contributed by atoms with E-state index in [0.29, 0.717) is 23.1 Å². The Kier molecular flexibility index (Phi) is 4.22. The first-order valence-corrected chi connectivity index (χ1v) is 8.53. The van der Waals surface area contributed by atoms with E-state index in [-0.39, 0.29) is 18.6 Å². The van der Waals surface area contributed by atoms with Crippen molar-refractivity contribution < 1.29 is 14.3 Å². The summed E-state index contributed by atoms with van der Waals surface area (Å²) < 4.78 is 10.7. The second-order valence-corrected chi connectivity index (χ2v) is 6.45. The fourth-order valence-electron chi connectivity index (χ4n) is 3.49. The molecule has 2 aromatic carbocycles. The van der Waals surface area contributed by atoms with Crippen molar-refractivity contribution in [1.82, 2.24) is 5.32 Å². The number of fused-ring (bicyclic) bond motifs is 1. The molecule has 1 saturated heterocycles. The van der Waals surface area contributed by atoms with Crippen molar-refractivity contribution in [3.8, 4) is 11.5 Å². The molecule has 2 aliphatic heterocycles. The zero-order valence-corrected chi connectivity index (χ0v) is 13.5. The van der Waals surface area contributed by atoms with E-state index in [1.165, 1.54) is 5.56 Å². The number of hydrogen-bond donors (Lipinski definition) is 1. The van der Waals surface area contributed by atoms with Crippen molar-refractivity contribution in [3.63, 3.8) is 0 Å². The highest BCUT2D eigenvalue weighted by Gasteiger charge is 2.30. The summed E-state index contributed by atoms with van der Waals surface area (Å²) in [4.78, 5) is 12.7. The number of Topliss-reactive ketones (excluding diaryl/α,β-unsaturated/α-hetero) is 1. The van der Waals surface area contributed by atoms with E-state index in [2.05, 4.69) is 29.6 Å². The SMILES string of the molecule is O=C(c1ccc2c(c1)OCO2)[C@H]1CC[C@H](CCc2ccccc2)N1. The largest absolute Gasteiger partial charge is 0.454 e. The molecule has 4 heteroatoms. The Balaban J connectivity index is 1.35. The molecular formula is C20H21NO3. The van der Waals surface area contributed by atoms with Gasteiger partial charge in [0.25, 0.3) is 0 Å². The van der Waals surface area contributed by atoms with Crippen LogP contribution in [-0.2, 0) is 6.42 Å². The maximum atomic E-state index is 12.7. The third-order valence-electron chi connectivity index (χ3n) is 4.84. The number of aryl methyl sites for hydroxylation is 1. The van der Waals surface area contributed by atoms with Crippen LogP contribution in [0.2, 0.25) is 0 Å². The molecule has 4 nitrogen and oxygen atoms in total. The predicted octanol–water partition coefficient (Wildman–Crippen LogP) is 3.35. The topological polar surface area (TPSA) is 47.6 Å². The van der Waals surface area contributed by atoms with Crippen LogP contribution in [0.4, 0.5) is 0 Å². The highest BCUT2D eigenvalue weighted by atomic mass is 16.7. The normalized spacial score (nSPS) is 21.8. The molecule has 0 saturated carbocycles. The van der Waals surface area contributed by atoms with Gasteiger partial charge in [-0.2, -0.15) is 0 Å². The van der Waals surface area contributed by atoms with E-state index in [0.717, 1.165) is 25.7 Å². The smallest absolute Gasteiger partial charge is 0.231 e. The van der Waals surface area contributed by atoms with Crippen molar-refractivity contribution in [2.24, 2.45) is 0 Å². The lowest BCUT2D eigenvalue weighted by molar-refractivity contribution is 0.0949. The number of ether oxygens (including phenoxy) is 2. The molecule has 0 radical (unpaired) electrons. The highest BCUT2D eigenvalue weighted by Crippen LogP contribution is 2.33. The predicted molar refractivity (Wildman–Crippen MR) is 91.6 cm³/mol. The molecule has 1 fully saturated rings. The van der Waals surface area contributed by atoms with Crippen molar-refractivity contribution in [3.05, 3.63) is 59.7 Å². The number of ketones is 1. The lowest BCUT2D eigenvalue weighted by Crippen LogP contribution is -2.35. The number of benzene rings is 2. The maximum Gasteiger partial charge on any atom is 0.231 e. The molecule has 0 bridgehead atoms. The number of rotatable bonds is 5. The minimum absolute atomic E-state index is 0.0915. The lowest BCUT2D eigenvalue weighted by Gasteiger charge is -2.14. The zero-order valence-electron chi connectivity index (χ0n) is 13.5. The molecule has 0 aromatic heterocycles. The first-order chi connectivity index (χ1) is 11.8. The minimum Gasteiger partial charge on any atom is -0.454 e. The third-order valence-corrected chi connectivity index (χ3v) is 4.84. The Bertz CT molecular complexity index is 729. The molecule has 0 amide bonds. The van der Waals surface area contributed by atoms with Gasteiger partial charge in [-0.15, -0.1) is 0 Å².